The Bertz CT molecular complexity index is 645. The number of benzene rings is 1. The van der Waals surface area contributed by atoms with E-state index in [4.69, 9.17) is 18.9 Å². The van der Waals surface area contributed by atoms with Crippen LogP contribution in [0.5, 0.6) is 11.5 Å². The first-order valence-electron chi connectivity index (χ1n) is 8.08. The van der Waals surface area contributed by atoms with Crippen molar-refractivity contribution in [3.8, 4) is 22.8 Å². The van der Waals surface area contributed by atoms with Crippen LogP contribution in [0, 0.1) is 0 Å². The average molecular weight is 333 g/mol. The Balaban J connectivity index is 1.47. The van der Waals surface area contributed by atoms with Crippen LogP contribution in [-0.2, 0) is 16.0 Å². The normalized spacial score (nSPS) is 12.7. The van der Waals surface area contributed by atoms with Crippen LogP contribution >= 0.6 is 0 Å². The van der Waals surface area contributed by atoms with Crippen LogP contribution in [-0.4, -0.2) is 50.5 Å². The highest BCUT2D eigenvalue weighted by Gasteiger charge is 2.15. The van der Waals surface area contributed by atoms with Crippen molar-refractivity contribution in [1.82, 2.24) is 15.5 Å². The maximum atomic E-state index is 5.44. The van der Waals surface area contributed by atoms with Gasteiger partial charge in [-0.05, 0) is 31.2 Å². The lowest BCUT2D eigenvalue weighted by molar-refractivity contribution is 0.0695. The lowest BCUT2D eigenvalue weighted by Crippen LogP contribution is -2.17. The van der Waals surface area contributed by atoms with Gasteiger partial charge in [-0.25, -0.2) is 0 Å². The molecular formula is C17H23N3O4. The second-order valence-corrected chi connectivity index (χ2v) is 5.47. The smallest absolute Gasteiger partial charge is 0.231 e. The highest BCUT2D eigenvalue weighted by atomic mass is 16.7. The van der Waals surface area contributed by atoms with Crippen molar-refractivity contribution < 1.29 is 18.9 Å². The number of aromatic nitrogens is 2. The number of H-pyrrole nitrogens is 1. The molecule has 24 heavy (non-hydrogen) atoms. The van der Waals surface area contributed by atoms with E-state index in [2.05, 4.69) is 15.5 Å². The van der Waals surface area contributed by atoms with E-state index in [1.54, 1.807) is 7.11 Å². The number of hydrogen-bond acceptors (Lipinski definition) is 6. The van der Waals surface area contributed by atoms with Gasteiger partial charge in [0.15, 0.2) is 11.5 Å². The number of hydrogen-bond donors (Lipinski definition) is 2. The SMILES string of the molecule is COCCOCCCNCc1cn[nH]c1-c1ccc2c(c1)OCO2. The van der Waals surface area contributed by atoms with Gasteiger partial charge in [0.1, 0.15) is 0 Å². The van der Waals surface area contributed by atoms with E-state index in [0.29, 0.717) is 13.2 Å². The monoisotopic (exact) mass is 333 g/mol. The zero-order chi connectivity index (χ0) is 16.6. The number of nitrogens with one attached hydrogen (secondary N) is 2. The number of aromatic amines is 1. The lowest BCUT2D eigenvalue weighted by atomic mass is 10.1. The van der Waals surface area contributed by atoms with Crippen LogP contribution < -0.4 is 14.8 Å². The minimum absolute atomic E-state index is 0.280. The molecular weight excluding hydrogens is 310 g/mol. The molecule has 0 aliphatic carbocycles. The molecule has 0 amide bonds. The van der Waals surface area contributed by atoms with E-state index in [-0.39, 0.29) is 6.79 Å². The molecule has 0 spiro atoms. The first-order chi connectivity index (χ1) is 11.9. The van der Waals surface area contributed by atoms with Gasteiger partial charge in [0.2, 0.25) is 6.79 Å². The number of nitrogens with zero attached hydrogens (tertiary/aromatic N) is 1. The molecule has 7 heteroatoms. The zero-order valence-electron chi connectivity index (χ0n) is 13.8. The van der Waals surface area contributed by atoms with Crippen LogP contribution in [0.4, 0.5) is 0 Å². The third-order valence-corrected chi connectivity index (χ3v) is 3.77. The van der Waals surface area contributed by atoms with E-state index < -0.39 is 0 Å². The second kappa shape index (κ2) is 8.68. The Morgan fingerprint density at radius 2 is 2.12 bits per heavy atom. The predicted molar refractivity (Wildman–Crippen MR) is 89.2 cm³/mol. The molecule has 130 valence electrons. The van der Waals surface area contributed by atoms with E-state index >= 15 is 0 Å². The molecule has 0 atom stereocenters. The molecule has 1 aromatic carbocycles. The molecule has 2 heterocycles. The standard InChI is InChI=1S/C17H23N3O4/c1-21-7-8-22-6-2-5-18-10-14-11-19-20-17(14)13-3-4-15-16(9-13)24-12-23-15/h3-4,9,11,18H,2,5-8,10,12H2,1H3,(H,19,20). The summed E-state index contributed by atoms with van der Waals surface area (Å²) in [6.07, 6.45) is 2.81. The Morgan fingerprint density at radius 3 is 3.04 bits per heavy atom. The van der Waals surface area contributed by atoms with E-state index in [1.807, 2.05) is 24.4 Å². The van der Waals surface area contributed by atoms with Gasteiger partial charge in [-0.1, -0.05) is 0 Å². The summed E-state index contributed by atoms with van der Waals surface area (Å²) in [5.74, 6) is 1.56. The highest BCUT2D eigenvalue weighted by Crippen LogP contribution is 2.36. The average Bonchev–Trinajstić information content (AvgIpc) is 3.25. The van der Waals surface area contributed by atoms with Crippen LogP contribution in [0.15, 0.2) is 24.4 Å². The summed E-state index contributed by atoms with van der Waals surface area (Å²) < 4.78 is 21.2. The number of fused-ring (bicyclic) bond motifs is 1. The van der Waals surface area contributed by atoms with Crippen molar-refractivity contribution in [2.24, 2.45) is 0 Å². The second-order valence-electron chi connectivity index (χ2n) is 5.47. The van der Waals surface area contributed by atoms with Crippen LogP contribution in [0.2, 0.25) is 0 Å². The third kappa shape index (κ3) is 4.25. The Morgan fingerprint density at radius 1 is 1.21 bits per heavy atom. The largest absolute Gasteiger partial charge is 0.454 e. The highest BCUT2D eigenvalue weighted by molar-refractivity contribution is 5.66. The topological polar surface area (TPSA) is 77.6 Å². The summed E-state index contributed by atoms with van der Waals surface area (Å²) in [4.78, 5) is 0. The first-order valence-corrected chi connectivity index (χ1v) is 8.08. The molecule has 0 bridgehead atoms. The quantitative estimate of drug-likeness (QED) is 0.647. The first kappa shape index (κ1) is 16.8. The molecule has 0 radical (unpaired) electrons. The molecule has 7 nitrogen and oxygen atoms in total. The fraction of sp³-hybridized carbons (Fsp3) is 0.471. The van der Waals surface area contributed by atoms with Gasteiger partial charge in [0.25, 0.3) is 0 Å². The fourth-order valence-corrected chi connectivity index (χ4v) is 2.51. The van der Waals surface area contributed by atoms with E-state index in [0.717, 1.165) is 54.4 Å². The summed E-state index contributed by atoms with van der Waals surface area (Å²) in [6.45, 7) is 3.93. The zero-order valence-corrected chi connectivity index (χ0v) is 13.8. The minimum Gasteiger partial charge on any atom is -0.454 e. The van der Waals surface area contributed by atoms with Gasteiger partial charge < -0.3 is 24.3 Å². The van der Waals surface area contributed by atoms with Gasteiger partial charge in [0.05, 0.1) is 25.1 Å². The Kier molecular flexibility index (Phi) is 6.06. The summed E-state index contributed by atoms with van der Waals surface area (Å²) >= 11 is 0. The van der Waals surface area contributed by atoms with E-state index in [1.165, 1.54) is 0 Å². The fourth-order valence-electron chi connectivity index (χ4n) is 2.51. The number of methoxy groups -OCH3 is 1. The molecule has 1 aromatic heterocycles. The predicted octanol–water partition coefficient (Wildman–Crippen LogP) is 1.95. The van der Waals surface area contributed by atoms with E-state index in [9.17, 15) is 0 Å². The van der Waals surface area contributed by atoms with Gasteiger partial charge in [-0.2, -0.15) is 5.10 Å². The number of ether oxygens (including phenoxy) is 4. The Labute approximate surface area is 141 Å². The summed E-state index contributed by atoms with van der Waals surface area (Å²) in [5.41, 5.74) is 3.16. The molecule has 0 fully saturated rings. The van der Waals surface area contributed by atoms with Gasteiger partial charge in [0, 0.05) is 31.4 Å². The van der Waals surface area contributed by atoms with Crippen molar-refractivity contribution in [1.29, 1.82) is 0 Å². The van der Waals surface area contributed by atoms with Crippen molar-refractivity contribution >= 4 is 0 Å². The molecule has 0 saturated carbocycles. The molecule has 0 saturated heterocycles. The van der Waals surface area contributed by atoms with Crippen LogP contribution in [0.1, 0.15) is 12.0 Å². The van der Waals surface area contributed by atoms with Gasteiger partial charge in [-0.15, -0.1) is 0 Å². The van der Waals surface area contributed by atoms with Crippen molar-refractivity contribution in [2.75, 3.05) is 40.3 Å². The summed E-state index contributed by atoms with van der Waals surface area (Å²) in [7, 11) is 1.67. The molecule has 3 rings (SSSR count). The maximum absolute atomic E-state index is 5.44. The summed E-state index contributed by atoms with van der Waals surface area (Å²) in [5, 5.41) is 10.6. The van der Waals surface area contributed by atoms with Crippen LogP contribution in [0.3, 0.4) is 0 Å². The molecule has 0 unspecified atom stereocenters. The van der Waals surface area contributed by atoms with Crippen LogP contribution in [0.25, 0.3) is 11.3 Å². The molecule has 1 aliphatic rings. The molecule has 2 N–H and O–H groups in total. The van der Waals surface area contributed by atoms with Crippen molar-refractivity contribution in [3.63, 3.8) is 0 Å². The third-order valence-electron chi connectivity index (χ3n) is 3.77. The maximum Gasteiger partial charge on any atom is 0.231 e. The van der Waals surface area contributed by atoms with Crippen molar-refractivity contribution in [3.05, 3.63) is 30.0 Å². The molecule has 1 aliphatic heterocycles. The van der Waals surface area contributed by atoms with Gasteiger partial charge in [-0.3, -0.25) is 5.10 Å². The summed E-state index contributed by atoms with van der Waals surface area (Å²) in [6, 6.07) is 5.91. The minimum atomic E-state index is 0.280. The van der Waals surface area contributed by atoms with Crippen molar-refractivity contribution in [2.45, 2.75) is 13.0 Å². The molecule has 2 aromatic rings. The number of rotatable bonds is 10. The lowest BCUT2D eigenvalue weighted by Gasteiger charge is -2.07. The van der Waals surface area contributed by atoms with Gasteiger partial charge >= 0.3 is 0 Å². The Hall–Kier alpha value is -2.09.